The molecule has 0 unspecified atom stereocenters. The molecule has 0 radical (unpaired) electrons. The zero-order chi connectivity index (χ0) is 21.0. The zero-order valence-corrected chi connectivity index (χ0v) is 16.8. The number of amides is 2. The third kappa shape index (κ3) is 7.09. The largest absolute Gasteiger partial charge is 0.445 e. The predicted molar refractivity (Wildman–Crippen MR) is 113 cm³/mol. The quantitative estimate of drug-likeness (QED) is 0.506. The molecular formula is C23H26N4O3. The molecule has 156 valence electrons. The Hall–Kier alpha value is -3.61. The molecule has 0 atom stereocenters. The number of alkyl carbamates (subject to hydrolysis) is 1. The predicted octanol–water partition coefficient (Wildman–Crippen LogP) is 3.25. The lowest BCUT2D eigenvalue weighted by Crippen LogP contribution is -2.28. The lowest BCUT2D eigenvalue weighted by Gasteiger charge is -2.11. The molecule has 0 fully saturated rings. The second kappa shape index (κ2) is 11.4. The summed E-state index contributed by atoms with van der Waals surface area (Å²) in [4.78, 5) is 23.8. The van der Waals surface area contributed by atoms with Crippen molar-refractivity contribution in [2.24, 2.45) is 0 Å². The maximum Gasteiger partial charge on any atom is 0.407 e. The van der Waals surface area contributed by atoms with Gasteiger partial charge in [-0.15, -0.1) is 0 Å². The molecular weight excluding hydrogens is 380 g/mol. The van der Waals surface area contributed by atoms with Gasteiger partial charge in [0.2, 0.25) is 5.91 Å². The van der Waals surface area contributed by atoms with Gasteiger partial charge in [0.1, 0.15) is 6.61 Å². The van der Waals surface area contributed by atoms with Gasteiger partial charge in [0.15, 0.2) is 0 Å². The molecule has 2 N–H and O–H groups in total. The van der Waals surface area contributed by atoms with Gasteiger partial charge < -0.3 is 15.4 Å². The fourth-order valence-electron chi connectivity index (χ4n) is 2.95. The van der Waals surface area contributed by atoms with Crippen molar-refractivity contribution in [1.29, 1.82) is 0 Å². The van der Waals surface area contributed by atoms with Gasteiger partial charge in [-0.05, 0) is 29.2 Å². The van der Waals surface area contributed by atoms with Gasteiger partial charge in [0, 0.05) is 31.9 Å². The smallest absolute Gasteiger partial charge is 0.407 e. The van der Waals surface area contributed by atoms with Crippen LogP contribution < -0.4 is 10.6 Å². The Bertz CT molecular complexity index is 927. The van der Waals surface area contributed by atoms with Crippen LogP contribution in [0.5, 0.6) is 0 Å². The molecule has 3 aromatic rings. The fraction of sp³-hybridized carbons (Fsp3) is 0.261. The molecule has 1 aromatic heterocycles. The molecule has 0 aliphatic carbocycles. The average molecular weight is 406 g/mol. The van der Waals surface area contributed by atoms with Crippen molar-refractivity contribution in [2.75, 3.05) is 6.54 Å². The Morgan fingerprint density at radius 3 is 2.47 bits per heavy atom. The summed E-state index contributed by atoms with van der Waals surface area (Å²) < 4.78 is 6.99. The van der Waals surface area contributed by atoms with Crippen LogP contribution in [-0.2, 0) is 29.2 Å². The number of rotatable bonds is 10. The Morgan fingerprint density at radius 1 is 0.933 bits per heavy atom. The summed E-state index contributed by atoms with van der Waals surface area (Å²) in [7, 11) is 0. The Morgan fingerprint density at radius 2 is 1.70 bits per heavy atom. The molecule has 1 heterocycles. The van der Waals surface area contributed by atoms with Crippen LogP contribution in [0.25, 0.3) is 0 Å². The van der Waals surface area contributed by atoms with Gasteiger partial charge in [-0.3, -0.25) is 9.48 Å². The summed E-state index contributed by atoms with van der Waals surface area (Å²) in [5.41, 5.74) is 3.10. The van der Waals surface area contributed by atoms with Crippen LogP contribution in [-0.4, -0.2) is 28.3 Å². The zero-order valence-electron chi connectivity index (χ0n) is 16.8. The number of ether oxygens (including phenoxy) is 1. The van der Waals surface area contributed by atoms with Crippen LogP contribution in [0.3, 0.4) is 0 Å². The van der Waals surface area contributed by atoms with Crippen LogP contribution in [0.4, 0.5) is 4.79 Å². The number of hydrogen-bond acceptors (Lipinski definition) is 4. The first-order valence-electron chi connectivity index (χ1n) is 9.96. The summed E-state index contributed by atoms with van der Waals surface area (Å²) >= 11 is 0. The Balaban J connectivity index is 1.32. The van der Waals surface area contributed by atoms with E-state index in [0.29, 0.717) is 32.5 Å². The lowest BCUT2D eigenvalue weighted by molar-refractivity contribution is -0.121. The highest BCUT2D eigenvalue weighted by molar-refractivity contribution is 5.76. The molecule has 0 aliphatic heterocycles. The number of carbonyl (C=O) groups excluding carboxylic acids is 2. The van der Waals surface area contributed by atoms with E-state index in [1.165, 1.54) is 0 Å². The van der Waals surface area contributed by atoms with Gasteiger partial charge in [-0.2, -0.15) is 5.10 Å². The minimum Gasteiger partial charge on any atom is -0.445 e. The van der Waals surface area contributed by atoms with E-state index < -0.39 is 6.09 Å². The maximum absolute atomic E-state index is 12.1. The number of aromatic nitrogens is 2. The van der Waals surface area contributed by atoms with Crippen LogP contribution in [0.1, 0.15) is 29.5 Å². The van der Waals surface area contributed by atoms with Crippen LogP contribution >= 0.6 is 0 Å². The maximum atomic E-state index is 12.1. The minimum atomic E-state index is -0.480. The van der Waals surface area contributed by atoms with E-state index in [9.17, 15) is 9.59 Å². The van der Waals surface area contributed by atoms with Gasteiger partial charge in [0.25, 0.3) is 0 Å². The molecule has 30 heavy (non-hydrogen) atoms. The molecule has 2 aromatic carbocycles. The first-order chi connectivity index (χ1) is 14.7. The number of nitrogens with zero attached hydrogens (tertiary/aromatic N) is 2. The van der Waals surface area contributed by atoms with Crippen molar-refractivity contribution in [3.05, 3.63) is 89.7 Å². The molecule has 0 aliphatic rings. The normalized spacial score (nSPS) is 10.4. The monoisotopic (exact) mass is 406 g/mol. The first kappa shape index (κ1) is 21.1. The summed E-state index contributed by atoms with van der Waals surface area (Å²) in [6.45, 7) is 1.74. The highest BCUT2D eigenvalue weighted by Crippen LogP contribution is 2.10. The molecule has 3 rings (SSSR count). The van der Waals surface area contributed by atoms with E-state index in [0.717, 1.165) is 16.7 Å². The van der Waals surface area contributed by atoms with Gasteiger partial charge in [-0.25, -0.2) is 4.79 Å². The molecule has 0 saturated heterocycles. The molecule has 2 amide bonds. The van der Waals surface area contributed by atoms with Gasteiger partial charge >= 0.3 is 6.09 Å². The summed E-state index contributed by atoms with van der Waals surface area (Å²) in [6.07, 6.45) is 4.05. The van der Waals surface area contributed by atoms with E-state index >= 15 is 0 Å². The van der Waals surface area contributed by atoms with Crippen molar-refractivity contribution < 1.29 is 14.3 Å². The minimum absolute atomic E-state index is 0.0525. The summed E-state index contributed by atoms with van der Waals surface area (Å²) in [5, 5.41) is 9.83. The van der Waals surface area contributed by atoms with Crippen molar-refractivity contribution in [2.45, 2.75) is 32.5 Å². The van der Waals surface area contributed by atoms with Crippen molar-refractivity contribution in [3.8, 4) is 0 Å². The molecule has 0 bridgehead atoms. The third-order valence-electron chi connectivity index (χ3n) is 4.55. The van der Waals surface area contributed by atoms with Gasteiger partial charge in [-0.1, -0.05) is 54.6 Å². The summed E-state index contributed by atoms with van der Waals surface area (Å²) in [6, 6.07) is 19.3. The highest BCUT2D eigenvalue weighted by Gasteiger charge is 2.07. The van der Waals surface area contributed by atoms with E-state index in [2.05, 4.69) is 15.7 Å². The third-order valence-corrected chi connectivity index (χ3v) is 4.55. The Labute approximate surface area is 176 Å². The number of benzene rings is 2. The van der Waals surface area contributed by atoms with E-state index in [4.69, 9.17) is 4.74 Å². The number of carbonyl (C=O) groups is 2. The SMILES string of the molecule is O=C(CCCNC(=O)OCc1ccccc1)NCc1ccccc1Cn1cccn1. The van der Waals surface area contributed by atoms with E-state index in [1.54, 1.807) is 6.20 Å². The van der Waals surface area contributed by atoms with Crippen molar-refractivity contribution in [3.63, 3.8) is 0 Å². The van der Waals surface area contributed by atoms with Crippen LogP contribution in [0.15, 0.2) is 73.1 Å². The second-order valence-electron chi connectivity index (χ2n) is 6.84. The lowest BCUT2D eigenvalue weighted by atomic mass is 10.1. The second-order valence-corrected chi connectivity index (χ2v) is 6.84. The highest BCUT2D eigenvalue weighted by atomic mass is 16.5. The Kier molecular flexibility index (Phi) is 8.02. The standard InChI is InChI=1S/C23H26N4O3/c28-22(12-6-13-24-23(29)30-18-19-8-2-1-3-9-19)25-16-20-10-4-5-11-21(20)17-27-15-7-14-26-27/h1-5,7-11,14-15H,6,12-13,16-18H2,(H,24,29)(H,25,28). The number of nitrogens with one attached hydrogen (secondary N) is 2. The fourth-order valence-corrected chi connectivity index (χ4v) is 2.95. The van der Waals surface area contributed by atoms with Crippen LogP contribution in [0.2, 0.25) is 0 Å². The van der Waals surface area contributed by atoms with Crippen LogP contribution in [0, 0.1) is 0 Å². The van der Waals surface area contributed by atoms with Crippen molar-refractivity contribution >= 4 is 12.0 Å². The number of hydrogen-bond donors (Lipinski definition) is 2. The molecule has 7 nitrogen and oxygen atoms in total. The molecule has 7 heteroatoms. The summed E-state index contributed by atoms with van der Waals surface area (Å²) in [5.74, 6) is -0.0525. The van der Waals surface area contributed by atoms with Gasteiger partial charge in [0.05, 0.1) is 6.54 Å². The molecule has 0 spiro atoms. The van der Waals surface area contributed by atoms with E-state index in [1.807, 2.05) is 71.5 Å². The molecule has 0 saturated carbocycles. The first-order valence-corrected chi connectivity index (χ1v) is 9.96. The van der Waals surface area contributed by atoms with E-state index in [-0.39, 0.29) is 12.5 Å². The average Bonchev–Trinajstić information content (AvgIpc) is 3.28. The van der Waals surface area contributed by atoms with Crippen molar-refractivity contribution in [1.82, 2.24) is 20.4 Å². The topological polar surface area (TPSA) is 85.3 Å².